The van der Waals surface area contributed by atoms with Gasteiger partial charge in [-0.3, -0.25) is 4.79 Å². The Balaban J connectivity index is 2.08. The smallest absolute Gasteiger partial charge is 0.341 e. The number of carbonyl (C=O) groups is 2. The third-order valence-electron chi connectivity index (χ3n) is 3.50. The number of amides is 1. The van der Waals surface area contributed by atoms with Crippen LogP contribution in [0.15, 0.2) is 41.0 Å². The number of rotatable bonds is 9. The van der Waals surface area contributed by atoms with Crippen LogP contribution in [-0.2, 0) is 10.4 Å². The molecule has 0 aliphatic rings. The summed E-state index contributed by atoms with van der Waals surface area (Å²) >= 11 is 0. The molecule has 0 fully saturated rings. The standard InChI is InChI=1S/C18H21NO7/c1-3-24-14-9-12(6-7-13(14)26-10-16(20)21)17(22)19-11-18(2,23)15-5-4-8-25-15/h4-9,23H,3,10-11H2,1-2H3,(H,19,22)(H,20,21). The topological polar surface area (TPSA) is 118 Å². The molecule has 3 N–H and O–H groups in total. The summed E-state index contributed by atoms with van der Waals surface area (Å²) in [7, 11) is 0. The maximum Gasteiger partial charge on any atom is 0.341 e. The van der Waals surface area contributed by atoms with Crippen LogP contribution in [0.1, 0.15) is 30.0 Å². The normalized spacial score (nSPS) is 12.9. The molecule has 0 bridgehead atoms. The highest BCUT2D eigenvalue weighted by molar-refractivity contribution is 5.95. The number of ether oxygens (including phenoxy) is 2. The van der Waals surface area contributed by atoms with Crippen molar-refractivity contribution in [1.82, 2.24) is 5.32 Å². The van der Waals surface area contributed by atoms with E-state index in [2.05, 4.69) is 5.32 Å². The van der Waals surface area contributed by atoms with Gasteiger partial charge in [-0.05, 0) is 44.2 Å². The third kappa shape index (κ3) is 5.00. The van der Waals surface area contributed by atoms with Gasteiger partial charge in [0.2, 0.25) is 0 Å². The molecule has 1 atom stereocenters. The first-order chi connectivity index (χ1) is 12.3. The summed E-state index contributed by atoms with van der Waals surface area (Å²) < 4.78 is 15.7. The van der Waals surface area contributed by atoms with Crippen LogP contribution in [0.25, 0.3) is 0 Å². The highest BCUT2D eigenvalue weighted by Crippen LogP contribution is 2.28. The molecule has 2 aromatic rings. The molecule has 8 heteroatoms. The molecular weight excluding hydrogens is 342 g/mol. The van der Waals surface area contributed by atoms with Gasteiger partial charge in [-0.1, -0.05) is 0 Å². The minimum Gasteiger partial charge on any atom is -0.490 e. The summed E-state index contributed by atoms with van der Waals surface area (Å²) in [6, 6.07) is 7.67. The van der Waals surface area contributed by atoms with E-state index in [4.69, 9.17) is 19.0 Å². The van der Waals surface area contributed by atoms with Gasteiger partial charge < -0.3 is 29.4 Å². The Labute approximate surface area is 150 Å². The van der Waals surface area contributed by atoms with Crippen molar-refractivity contribution < 1.29 is 33.7 Å². The van der Waals surface area contributed by atoms with Crippen LogP contribution in [0.3, 0.4) is 0 Å². The Hall–Kier alpha value is -3.00. The lowest BCUT2D eigenvalue weighted by molar-refractivity contribution is -0.139. The Morgan fingerprint density at radius 2 is 2.00 bits per heavy atom. The van der Waals surface area contributed by atoms with E-state index in [1.807, 2.05) is 0 Å². The quantitative estimate of drug-likeness (QED) is 0.621. The van der Waals surface area contributed by atoms with E-state index in [0.29, 0.717) is 12.4 Å². The average molecular weight is 363 g/mol. The van der Waals surface area contributed by atoms with Crippen LogP contribution in [0.4, 0.5) is 0 Å². The molecule has 1 aromatic heterocycles. The molecular formula is C18H21NO7. The van der Waals surface area contributed by atoms with E-state index in [1.54, 1.807) is 19.1 Å². The lowest BCUT2D eigenvalue weighted by atomic mass is 10.0. The first kappa shape index (κ1) is 19.3. The van der Waals surface area contributed by atoms with Gasteiger partial charge in [0, 0.05) is 5.56 Å². The molecule has 26 heavy (non-hydrogen) atoms. The fraction of sp³-hybridized carbons (Fsp3) is 0.333. The van der Waals surface area contributed by atoms with Crippen LogP contribution >= 0.6 is 0 Å². The minimum absolute atomic E-state index is 0.0550. The van der Waals surface area contributed by atoms with Crippen LogP contribution in [-0.4, -0.2) is 41.8 Å². The first-order valence-corrected chi connectivity index (χ1v) is 7.99. The molecule has 0 spiro atoms. The van der Waals surface area contributed by atoms with Crippen molar-refractivity contribution in [3.05, 3.63) is 47.9 Å². The molecule has 140 valence electrons. The van der Waals surface area contributed by atoms with Crippen LogP contribution in [0.5, 0.6) is 11.5 Å². The van der Waals surface area contributed by atoms with E-state index in [9.17, 15) is 14.7 Å². The predicted octanol–water partition coefficient (Wildman–Crippen LogP) is 1.78. The number of hydrogen-bond acceptors (Lipinski definition) is 6. The van der Waals surface area contributed by atoms with E-state index < -0.39 is 24.1 Å². The molecule has 0 aliphatic carbocycles. The Bertz CT molecular complexity index is 753. The van der Waals surface area contributed by atoms with Crippen LogP contribution in [0.2, 0.25) is 0 Å². The van der Waals surface area contributed by atoms with Gasteiger partial charge in [-0.25, -0.2) is 4.79 Å². The summed E-state index contributed by atoms with van der Waals surface area (Å²) in [6.45, 7) is 3.04. The number of carboxylic acid groups (broad SMARTS) is 1. The van der Waals surface area contributed by atoms with E-state index in [-0.39, 0.29) is 23.6 Å². The van der Waals surface area contributed by atoms with Gasteiger partial charge in [0.15, 0.2) is 18.1 Å². The van der Waals surface area contributed by atoms with Crippen molar-refractivity contribution in [3.63, 3.8) is 0 Å². The highest BCUT2D eigenvalue weighted by atomic mass is 16.5. The van der Waals surface area contributed by atoms with Crippen molar-refractivity contribution >= 4 is 11.9 Å². The zero-order valence-electron chi connectivity index (χ0n) is 14.5. The van der Waals surface area contributed by atoms with Gasteiger partial charge in [0.05, 0.1) is 19.4 Å². The number of carboxylic acids is 1. The van der Waals surface area contributed by atoms with Crippen molar-refractivity contribution in [1.29, 1.82) is 0 Å². The zero-order chi connectivity index (χ0) is 19.2. The molecule has 0 radical (unpaired) electrons. The van der Waals surface area contributed by atoms with Gasteiger partial charge in [0.25, 0.3) is 5.91 Å². The summed E-state index contributed by atoms with van der Waals surface area (Å²) in [5.41, 5.74) is -1.07. The van der Waals surface area contributed by atoms with Gasteiger partial charge in [0.1, 0.15) is 11.4 Å². The van der Waals surface area contributed by atoms with E-state index >= 15 is 0 Å². The second-order valence-electron chi connectivity index (χ2n) is 5.71. The largest absolute Gasteiger partial charge is 0.490 e. The van der Waals surface area contributed by atoms with Crippen molar-refractivity contribution in [2.45, 2.75) is 19.4 Å². The number of furan rings is 1. The predicted molar refractivity (Wildman–Crippen MR) is 91.4 cm³/mol. The number of nitrogens with one attached hydrogen (secondary N) is 1. The molecule has 0 saturated carbocycles. The summed E-state index contributed by atoms with van der Waals surface area (Å²) in [5, 5.41) is 21.7. The molecule has 1 unspecified atom stereocenters. The molecule has 2 rings (SSSR count). The Morgan fingerprint density at radius 1 is 1.23 bits per heavy atom. The first-order valence-electron chi connectivity index (χ1n) is 7.99. The molecule has 1 heterocycles. The van der Waals surface area contributed by atoms with E-state index in [1.165, 1.54) is 31.4 Å². The molecule has 1 aromatic carbocycles. The lowest BCUT2D eigenvalue weighted by Gasteiger charge is -2.21. The minimum atomic E-state index is -1.35. The van der Waals surface area contributed by atoms with Crippen LogP contribution in [0, 0.1) is 0 Å². The second-order valence-corrected chi connectivity index (χ2v) is 5.71. The number of aliphatic hydroxyl groups is 1. The summed E-state index contributed by atoms with van der Waals surface area (Å²) in [4.78, 5) is 23.0. The number of hydrogen-bond donors (Lipinski definition) is 3. The van der Waals surface area contributed by atoms with Crippen molar-refractivity contribution in [3.8, 4) is 11.5 Å². The molecule has 1 amide bonds. The fourth-order valence-electron chi connectivity index (χ4n) is 2.20. The fourth-order valence-corrected chi connectivity index (χ4v) is 2.20. The monoisotopic (exact) mass is 363 g/mol. The lowest BCUT2D eigenvalue weighted by Crippen LogP contribution is -2.38. The number of aliphatic carboxylic acids is 1. The van der Waals surface area contributed by atoms with E-state index in [0.717, 1.165) is 0 Å². The van der Waals surface area contributed by atoms with Gasteiger partial charge >= 0.3 is 5.97 Å². The van der Waals surface area contributed by atoms with Gasteiger partial charge in [-0.15, -0.1) is 0 Å². The van der Waals surface area contributed by atoms with Crippen LogP contribution < -0.4 is 14.8 Å². The third-order valence-corrected chi connectivity index (χ3v) is 3.50. The maximum absolute atomic E-state index is 12.4. The molecule has 8 nitrogen and oxygen atoms in total. The molecule has 0 aliphatic heterocycles. The Morgan fingerprint density at radius 3 is 2.62 bits per heavy atom. The number of carbonyl (C=O) groups excluding carboxylic acids is 1. The van der Waals surface area contributed by atoms with Gasteiger partial charge in [-0.2, -0.15) is 0 Å². The highest BCUT2D eigenvalue weighted by Gasteiger charge is 2.27. The zero-order valence-corrected chi connectivity index (χ0v) is 14.5. The van der Waals surface area contributed by atoms with Crippen molar-refractivity contribution in [2.24, 2.45) is 0 Å². The molecule has 0 saturated heterocycles. The SMILES string of the molecule is CCOc1cc(C(=O)NCC(C)(O)c2ccco2)ccc1OCC(=O)O. The Kier molecular flexibility index (Phi) is 6.24. The number of benzene rings is 1. The summed E-state index contributed by atoms with van der Waals surface area (Å²) in [6.07, 6.45) is 1.44. The second kappa shape index (κ2) is 8.39. The summed E-state index contributed by atoms with van der Waals surface area (Å²) in [5.74, 6) is -0.713. The average Bonchev–Trinajstić information content (AvgIpc) is 3.14. The van der Waals surface area contributed by atoms with Crippen molar-refractivity contribution in [2.75, 3.05) is 19.8 Å². The maximum atomic E-state index is 12.4.